The van der Waals surface area contributed by atoms with Crippen molar-refractivity contribution in [3.63, 3.8) is 0 Å². The van der Waals surface area contributed by atoms with Gasteiger partial charge in [0.1, 0.15) is 0 Å². The van der Waals surface area contributed by atoms with Crippen LogP contribution in [-0.4, -0.2) is 31.3 Å². The van der Waals surface area contributed by atoms with Crippen molar-refractivity contribution in [2.75, 3.05) is 31.1 Å². The molecule has 3 nitrogen and oxygen atoms in total. The first-order valence-corrected chi connectivity index (χ1v) is 5.47. The van der Waals surface area contributed by atoms with Gasteiger partial charge in [-0.15, -0.1) is 0 Å². The lowest BCUT2D eigenvalue weighted by molar-refractivity contribution is 0.282. The highest BCUT2D eigenvalue weighted by Crippen LogP contribution is 2.22. The fourth-order valence-corrected chi connectivity index (χ4v) is 2.06. The van der Waals surface area contributed by atoms with Gasteiger partial charge >= 0.3 is 0 Å². The monoisotopic (exact) mass is 206 g/mol. The molecule has 1 fully saturated rings. The van der Waals surface area contributed by atoms with Crippen LogP contribution in [0.5, 0.6) is 0 Å². The molecule has 15 heavy (non-hydrogen) atoms. The molecule has 0 bridgehead atoms. The van der Waals surface area contributed by atoms with Crippen LogP contribution in [0, 0.1) is 6.92 Å². The molecule has 1 aliphatic rings. The molecule has 0 unspecified atom stereocenters. The summed E-state index contributed by atoms with van der Waals surface area (Å²) in [5.41, 5.74) is 3.43. The lowest BCUT2D eigenvalue weighted by atomic mass is 10.1. The maximum absolute atomic E-state index is 9.33. The summed E-state index contributed by atoms with van der Waals surface area (Å²) >= 11 is 0. The number of anilines is 1. The van der Waals surface area contributed by atoms with Crippen LogP contribution in [0.3, 0.4) is 0 Å². The van der Waals surface area contributed by atoms with Crippen LogP contribution in [0.15, 0.2) is 18.2 Å². The molecule has 0 spiro atoms. The highest BCUT2D eigenvalue weighted by molar-refractivity contribution is 5.55. The molecule has 0 atom stereocenters. The number of aryl methyl sites for hydroxylation is 1. The van der Waals surface area contributed by atoms with Gasteiger partial charge in [-0.2, -0.15) is 0 Å². The first kappa shape index (κ1) is 10.5. The SMILES string of the molecule is Cc1ccc(N2CCNCC2)c(CO)c1. The zero-order valence-corrected chi connectivity index (χ0v) is 9.16. The molecule has 1 aromatic rings. The summed E-state index contributed by atoms with van der Waals surface area (Å²) in [6.07, 6.45) is 0. The Morgan fingerprint density at radius 3 is 2.73 bits per heavy atom. The third kappa shape index (κ3) is 2.30. The van der Waals surface area contributed by atoms with Crippen molar-refractivity contribution in [3.8, 4) is 0 Å². The van der Waals surface area contributed by atoms with E-state index in [1.165, 1.54) is 11.3 Å². The van der Waals surface area contributed by atoms with E-state index in [4.69, 9.17) is 0 Å². The van der Waals surface area contributed by atoms with Crippen molar-refractivity contribution < 1.29 is 5.11 Å². The van der Waals surface area contributed by atoms with Gasteiger partial charge in [0, 0.05) is 37.4 Å². The zero-order chi connectivity index (χ0) is 10.7. The molecule has 2 rings (SSSR count). The molecule has 0 radical (unpaired) electrons. The molecular formula is C12H18N2O. The predicted molar refractivity (Wildman–Crippen MR) is 62.2 cm³/mol. The summed E-state index contributed by atoms with van der Waals surface area (Å²) in [6.45, 7) is 6.28. The van der Waals surface area contributed by atoms with Gasteiger partial charge in [0.2, 0.25) is 0 Å². The molecule has 1 saturated heterocycles. The van der Waals surface area contributed by atoms with E-state index in [2.05, 4.69) is 35.3 Å². The van der Waals surface area contributed by atoms with E-state index < -0.39 is 0 Å². The molecule has 3 heteroatoms. The lowest BCUT2D eigenvalue weighted by Gasteiger charge is -2.31. The number of nitrogens with one attached hydrogen (secondary N) is 1. The van der Waals surface area contributed by atoms with Crippen molar-refractivity contribution in [3.05, 3.63) is 29.3 Å². The molecule has 0 aromatic heterocycles. The highest BCUT2D eigenvalue weighted by atomic mass is 16.3. The van der Waals surface area contributed by atoms with Crippen LogP contribution < -0.4 is 10.2 Å². The van der Waals surface area contributed by atoms with E-state index >= 15 is 0 Å². The number of piperazine rings is 1. The first-order valence-electron chi connectivity index (χ1n) is 5.47. The summed E-state index contributed by atoms with van der Waals surface area (Å²) in [5, 5.41) is 12.7. The molecule has 2 N–H and O–H groups in total. The molecule has 1 aliphatic heterocycles. The second kappa shape index (κ2) is 4.64. The normalized spacial score (nSPS) is 16.8. The lowest BCUT2D eigenvalue weighted by Crippen LogP contribution is -2.43. The molecule has 0 amide bonds. The largest absolute Gasteiger partial charge is 0.392 e. The zero-order valence-electron chi connectivity index (χ0n) is 9.16. The van der Waals surface area contributed by atoms with E-state index in [-0.39, 0.29) is 6.61 Å². The summed E-state index contributed by atoms with van der Waals surface area (Å²) in [5.74, 6) is 0. The van der Waals surface area contributed by atoms with Gasteiger partial charge in [-0.05, 0) is 13.0 Å². The van der Waals surface area contributed by atoms with E-state index in [9.17, 15) is 5.11 Å². The average molecular weight is 206 g/mol. The van der Waals surface area contributed by atoms with E-state index in [0.717, 1.165) is 31.7 Å². The maximum Gasteiger partial charge on any atom is 0.0702 e. The highest BCUT2D eigenvalue weighted by Gasteiger charge is 2.13. The number of aliphatic hydroxyl groups excluding tert-OH is 1. The second-order valence-electron chi connectivity index (χ2n) is 4.03. The Bertz CT molecular complexity index is 332. The van der Waals surface area contributed by atoms with Gasteiger partial charge in [-0.3, -0.25) is 0 Å². The van der Waals surface area contributed by atoms with Crippen LogP contribution in [-0.2, 0) is 6.61 Å². The molecule has 0 aliphatic carbocycles. The van der Waals surface area contributed by atoms with Crippen molar-refractivity contribution in [2.24, 2.45) is 0 Å². The van der Waals surface area contributed by atoms with E-state index in [0.29, 0.717) is 0 Å². The number of benzene rings is 1. The van der Waals surface area contributed by atoms with E-state index in [1.54, 1.807) is 0 Å². The second-order valence-corrected chi connectivity index (χ2v) is 4.03. The Labute approximate surface area is 90.7 Å². The number of nitrogens with zero attached hydrogens (tertiary/aromatic N) is 1. The van der Waals surface area contributed by atoms with Crippen LogP contribution in [0.1, 0.15) is 11.1 Å². The van der Waals surface area contributed by atoms with Crippen LogP contribution in [0.2, 0.25) is 0 Å². The Morgan fingerprint density at radius 1 is 1.33 bits per heavy atom. The van der Waals surface area contributed by atoms with Crippen molar-refractivity contribution in [2.45, 2.75) is 13.5 Å². The van der Waals surface area contributed by atoms with Gasteiger partial charge in [-0.25, -0.2) is 0 Å². The van der Waals surface area contributed by atoms with Gasteiger partial charge in [-0.1, -0.05) is 17.7 Å². The van der Waals surface area contributed by atoms with Gasteiger partial charge < -0.3 is 15.3 Å². The average Bonchev–Trinajstić information content (AvgIpc) is 2.30. The first-order chi connectivity index (χ1) is 7.31. The third-order valence-electron chi connectivity index (χ3n) is 2.86. The molecule has 1 aromatic carbocycles. The minimum absolute atomic E-state index is 0.126. The maximum atomic E-state index is 9.33. The van der Waals surface area contributed by atoms with Crippen molar-refractivity contribution in [1.82, 2.24) is 5.32 Å². The molecular weight excluding hydrogens is 188 g/mol. The topological polar surface area (TPSA) is 35.5 Å². The molecule has 82 valence electrons. The Hall–Kier alpha value is -1.06. The number of hydrogen-bond acceptors (Lipinski definition) is 3. The van der Waals surface area contributed by atoms with Crippen LogP contribution >= 0.6 is 0 Å². The summed E-state index contributed by atoms with van der Waals surface area (Å²) < 4.78 is 0. The van der Waals surface area contributed by atoms with Gasteiger partial charge in [0.25, 0.3) is 0 Å². The predicted octanol–water partition coefficient (Wildman–Crippen LogP) is 0.897. The smallest absolute Gasteiger partial charge is 0.0702 e. The Balaban J connectivity index is 2.25. The van der Waals surface area contributed by atoms with E-state index in [1.807, 2.05) is 0 Å². The summed E-state index contributed by atoms with van der Waals surface area (Å²) in [7, 11) is 0. The Kier molecular flexibility index (Phi) is 3.23. The minimum Gasteiger partial charge on any atom is -0.392 e. The molecule has 0 saturated carbocycles. The molecule has 1 heterocycles. The van der Waals surface area contributed by atoms with Crippen molar-refractivity contribution in [1.29, 1.82) is 0 Å². The number of rotatable bonds is 2. The standard InChI is InChI=1S/C12H18N2O/c1-10-2-3-12(11(8-10)9-15)14-6-4-13-5-7-14/h2-3,8,13,15H,4-7,9H2,1H3. The van der Waals surface area contributed by atoms with Crippen LogP contribution in [0.25, 0.3) is 0 Å². The fourth-order valence-electron chi connectivity index (χ4n) is 2.06. The number of hydrogen-bond donors (Lipinski definition) is 2. The summed E-state index contributed by atoms with van der Waals surface area (Å²) in [6, 6.07) is 6.29. The van der Waals surface area contributed by atoms with Crippen LogP contribution in [0.4, 0.5) is 5.69 Å². The minimum atomic E-state index is 0.126. The van der Waals surface area contributed by atoms with Gasteiger partial charge in [0.15, 0.2) is 0 Å². The third-order valence-corrected chi connectivity index (χ3v) is 2.86. The number of aliphatic hydroxyl groups is 1. The summed E-state index contributed by atoms with van der Waals surface area (Å²) in [4.78, 5) is 2.33. The quantitative estimate of drug-likeness (QED) is 0.754. The Morgan fingerprint density at radius 2 is 2.07 bits per heavy atom. The fraction of sp³-hybridized carbons (Fsp3) is 0.500. The van der Waals surface area contributed by atoms with Crippen molar-refractivity contribution >= 4 is 5.69 Å². The van der Waals surface area contributed by atoms with Gasteiger partial charge in [0.05, 0.1) is 6.61 Å².